The molecule has 0 fully saturated rings. The summed E-state index contributed by atoms with van der Waals surface area (Å²) in [6, 6.07) is 22.2. The van der Waals surface area contributed by atoms with Gasteiger partial charge in [-0.15, -0.1) is 11.8 Å². The summed E-state index contributed by atoms with van der Waals surface area (Å²) in [5.41, 5.74) is 6.01. The average molecular weight is 368 g/mol. The molecule has 0 aliphatic carbocycles. The molecule has 0 amide bonds. The van der Waals surface area contributed by atoms with Crippen LogP contribution in [0.2, 0.25) is 0 Å². The van der Waals surface area contributed by atoms with E-state index in [1.807, 2.05) is 48.5 Å². The molecule has 27 heavy (non-hydrogen) atoms. The van der Waals surface area contributed by atoms with Gasteiger partial charge in [0, 0.05) is 5.75 Å². The van der Waals surface area contributed by atoms with Crippen LogP contribution in [0.3, 0.4) is 0 Å². The summed E-state index contributed by atoms with van der Waals surface area (Å²) in [5, 5.41) is 19.8. The van der Waals surface area contributed by atoms with Crippen LogP contribution in [0, 0.1) is 22.7 Å². The third-order valence-electron chi connectivity index (χ3n) is 4.56. The molecule has 0 N–H and O–H groups in total. The van der Waals surface area contributed by atoms with Crippen molar-refractivity contribution in [3.8, 4) is 12.1 Å². The van der Waals surface area contributed by atoms with Gasteiger partial charge in [0.2, 0.25) is 0 Å². The van der Waals surface area contributed by atoms with Crippen molar-refractivity contribution in [2.24, 2.45) is 0 Å². The number of pyridine rings is 1. The van der Waals surface area contributed by atoms with Crippen LogP contribution in [0.5, 0.6) is 0 Å². The fraction of sp³-hybridized carbons (Fsp3) is 0.136. The lowest BCUT2D eigenvalue weighted by molar-refractivity contribution is 1.00. The molecule has 0 radical (unpaired) electrons. The Morgan fingerprint density at radius 3 is 2.67 bits per heavy atom. The van der Waals surface area contributed by atoms with Crippen molar-refractivity contribution in [2.75, 3.05) is 0 Å². The van der Waals surface area contributed by atoms with E-state index in [-0.39, 0.29) is 0 Å². The number of thioether (sulfide) groups is 1. The molecule has 0 aliphatic rings. The molecular formula is C22H16N4S. The van der Waals surface area contributed by atoms with Crippen LogP contribution in [0.4, 0.5) is 0 Å². The van der Waals surface area contributed by atoms with E-state index in [1.54, 1.807) is 11.8 Å². The number of fused-ring (bicyclic) bond motifs is 3. The van der Waals surface area contributed by atoms with Gasteiger partial charge >= 0.3 is 0 Å². The Labute approximate surface area is 161 Å². The molecule has 130 valence electrons. The highest BCUT2D eigenvalue weighted by Gasteiger charge is 2.16. The summed E-state index contributed by atoms with van der Waals surface area (Å²) in [4.78, 5) is 4.72. The first kappa shape index (κ1) is 17.1. The van der Waals surface area contributed by atoms with Gasteiger partial charge < -0.3 is 0 Å². The van der Waals surface area contributed by atoms with E-state index in [9.17, 15) is 5.26 Å². The summed E-state index contributed by atoms with van der Waals surface area (Å²) in [5.74, 6) is 0.742. The summed E-state index contributed by atoms with van der Waals surface area (Å²) in [6.07, 6.45) is 0.778. The lowest BCUT2D eigenvalue weighted by Gasteiger charge is -2.11. The van der Waals surface area contributed by atoms with E-state index in [4.69, 9.17) is 10.2 Å². The zero-order valence-electron chi connectivity index (χ0n) is 14.8. The molecule has 5 heteroatoms. The van der Waals surface area contributed by atoms with Crippen molar-refractivity contribution >= 4 is 28.4 Å². The number of aromatic nitrogens is 2. The molecule has 0 unspecified atom stereocenters. The quantitative estimate of drug-likeness (QED) is 0.471. The number of benzene rings is 2. The maximum atomic E-state index is 9.69. The van der Waals surface area contributed by atoms with Gasteiger partial charge in [0.15, 0.2) is 5.65 Å². The number of para-hydroxylation sites is 2. The van der Waals surface area contributed by atoms with Crippen molar-refractivity contribution in [3.63, 3.8) is 0 Å². The number of hydrogen-bond acceptors (Lipinski definition) is 4. The van der Waals surface area contributed by atoms with Crippen molar-refractivity contribution < 1.29 is 0 Å². The molecular weight excluding hydrogens is 352 g/mol. The Bertz CT molecular complexity index is 1240. The normalized spacial score (nSPS) is 10.8. The maximum Gasteiger partial charge on any atom is 0.157 e. The molecule has 0 spiro atoms. The Balaban J connectivity index is 1.86. The van der Waals surface area contributed by atoms with Crippen LogP contribution in [-0.4, -0.2) is 9.38 Å². The summed E-state index contributed by atoms with van der Waals surface area (Å²) in [6.45, 7) is 2.06. The van der Waals surface area contributed by atoms with Gasteiger partial charge in [-0.25, -0.2) is 4.98 Å². The van der Waals surface area contributed by atoms with Gasteiger partial charge in [0.1, 0.15) is 6.07 Å². The summed E-state index contributed by atoms with van der Waals surface area (Å²) in [7, 11) is 0. The van der Waals surface area contributed by atoms with Crippen LogP contribution < -0.4 is 0 Å². The van der Waals surface area contributed by atoms with Crippen molar-refractivity contribution in [1.82, 2.24) is 9.38 Å². The molecule has 4 rings (SSSR count). The number of rotatable bonds is 4. The number of nitrogens with zero attached hydrogens (tertiary/aromatic N) is 4. The predicted molar refractivity (Wildman–Crippen MR) is 108 cm³/mol. The molecule has 0 saturated carbocycles. The van der Waals surface area contributed by atoms with Crippen molar-refractivity contribution in [3.05, 3.63) is 76.9 Å². The second kappa shape index (κ2) is 7.15. The first-order chi connectivity index (χ1) is 13.2. The molecule has 4 aromatic rings. The third-order valence-corrected chi connectivity index (χ3v) is 5.63. The SMILES string of the molecule is CCc1cc(SCc2cccc(C#N)c2)n2c(nc3ccccc32)c1C#N. The fourth-order valence-electron chi connectivity index (χ4n) is 3.24. The van der Waals surface area contributed by atoms with Gasteiger partial charge in [-0.1, -0.05) is 31.2 Å². The molecule has 0 bridgehead atoms. The Hall–Kier alpha value is -3.28. The minimum atomic E-state index is 0.643. The van der Waals surface area contributed by atoms with E-state index in [0.29, 0.717) is 16.8 Å². The topological polar surface area (TPSA) is 64.9 Å². The smallest absolute Gasteiger partial charge is 0.157 e. The van der Waals surface area contributed by atoms with Gasteiger partial charge in [0.25, 0.3) is 0 Å². The van der Waals surface area contributed by atoms with Crippen LogP contribution in [0.1, 0.15) is 29.2 Å². The summed E-state index contributed by atoms with van der Waals surface area (Å²) >= 11 is 1.69. The van der Waals surface area contributed by atoms with Gasteiger partial charge in [-0.05, 0) is 47.9 Å². The zero-order valence-corrected chi connectivity index (χ0v) is 15.6. The summed E-state index contributed by atoms with van der Waals surface area (Å²) < 4.78 is 2.08. The Morgan fingerprint density at radius 2 is 1.89 bits per heavy atom. The number of aryl methyl sites for hydroxylation is 1. The predicted octanol–water partition coefficient (Wildman–Crippen LogP) is 5.09. The van der Waals surface area contributed by atoms with Crippen molar-refractivity contribution in [1.29, 1.82) is 10.5 Å². The second-order valence-electron chi connectivity index (χ2n) is 6.21. The highest BCUT2D eigenvalue weighted by molar-refractivity contribution is 7.98. The number of hydrogen-bond donors (Lipinski definition) is 0. The molecule has 2 aromatic heterocycles. The van der Waals surface area contributed by atoms with Crippen LogP contribution in [0.25, 0.3) is 16.7 Å². The van der Waals surface area contributed by atoms with Gasteiger partial charge in [-0.2, -0.15) is 10.5 Å². The van der Waals surface area contributed by atoms with Crippen molar-refractivity contribution in [2.45, 2.75) is 24.1 Å². The van der Waals surface area contributed by atoms with Crippen LogP contribution in [-0.2, 0) is 12.2 Å². The maximum absolute atomic E-state index is 9.69. The second-order valence-corrected chi connectivity index (χ2v) is 7.20. The van der Waals surface area contributed by atoms with E-state index < -0.39 is 0 Å². The minimum Gasteiger partial charge on any atom is -0.286 e. The van der Waals surface area contributed by atoms with Gasteiger partial charge in [-0.3, -0.25) is 4.40 Å². The lowest BCUT2D eigenvalue weighted by Crippen LogP contribution is -1.99. The molecule has 4 nitrogen and oxygen atoms in total. The van der Waals surface area contributed by atoms with E-state index in [2.05, 4.69) is 29.5 Å². The molecule has 2 aromatic carbocycles. The van der Waals surface area contributed by atoms with E-state index in [1.165, 1.54) is 0 Å². The minimum absolute atomic E-state index is 0.643. The molecule has 0 atom stereocenters. The van der Waals surface area contributed by atoms with Crippen LogP contribution in [0.15, 0.2) is 59.6 Å². The highest BCUT2D eigenvalue weighted by Crippen LogP contribution is 2.31. The largest absolute Gasteiger partial charge is 0.286 e. The van der Waals surface area contributed by atoms with E-state index >= 15 is 0 Å². The third kappa shape index (κ3) is 3.03. The monoisotopic (exact) mass is 368 g/mol. The van der Waals surface area contributed by atoms with Gasteiger partial charge in [0.05, 0.1) is 33.3 Å². The molecule has 2 heterocycles. The first-order valence-corrected chi connectivity index (χ1v) is 9.68. The highest BCUT2D eigenvalue weighted by atomic mass is 32.2. The van der Waals surface area contributed by atoms with Crippen LogP contribution >= 0.6 is 11.8 Å². The standard InChI is InChI=1S/C22H16N4S/c1-2-17-11-21(27-14-16-7-5-6-15(10-16)12-23)26-20-9-4-3-8-19(20)25-22(26)18(17)13-24/h3-11H,2,14H2,1H3. The lowest BCUT2D eigenvalue weighted by atomic mass is 10.1. The molecule has 0 saturated heterocycles. The first-order valence-electron chi connectivity index (χ1n) is 8.70. The Kier molecular flexibility index (Phi) is 4.54. The van der Waals surface area contributed by atoms with E-state index in [0.717, 1.165) is 39.4 Å². The molecule has 0 aliphatic heterocycles. The Morgan fingerprint density at radius 1 is 1.04 bits per heavy atom. The average Bonchev–Trinajstić information content (AvgIpc) is 3.11. The fourth-order valence-corrected chi connectivity index (χ4v) is 4.27. The number of nitriles is 2. The zero-order chi connectivity index (χ0) is 18.8. The number of imidazole rings is 1.